The Morgan fingerprint density at radius 1 is 1.45 bits per heavy atom. The van der Waals surface area contributed by atoms with E-state index >= 15 is 0 Å². The molecule has 2 nitrogen and oxygen atoms in total. The third-order valence-electron chi connectivity index (χ3n) is 1.65. The van der Waals surface area contributed by atoms with Gasteiger partial charge in [-0.3, -0.25) is 4.79 Å². The van der Waals surface area contributed by atoms with Crippen molar-refractivity contribution in [2.45, 2.75) is 46.1 Å². The van der Waals surface area contributed by atoms with E-state index in [2.05, 4.69) is 6.92 Å². The molecule has 0 N–H and O–H groups in total. The first-order valence-corrected chi connectivity index (χ1v) is 4.36. The highest BCUT2D eigenvalue weighted by Gasteiger charge is 2.10. The molecule has 11 heavy (non-hydrogen) atoms. The first-order valence-electron chi connectivity index (χ1n) is 4.36. The van der Waals surface area contributed by atoms with E-state index in [-0.39, 0.29) is 11.9 Å². The Hall–Kier alpha value is -0.370. The molecule has 2 heteroatoms. The van der Waals surface area contributed by atoms with Crippen molar-refractivity contribution >= 4 is 5.78 Å². The van der Waals surface area contributed by atoms with Gasteiger partial charge in [-0.05, 0) is 20.3 Å². The van der Waals surface area contributed by atoms with Crippen molar-refractivity contribution in [1.82, 2.24) is 0 Å². The summed E-state index contributed by atoms with van der Waals surface area (Å²) < 4.78 is 5.15. The zero-order valence-electron chi connectivity index (χ0n) is 7.72. The standard InChI is InChI=1S/C9H18O2/c1-4-6-7-9(10)8(3)11-5-2/h8H,4-7H2,1-3H3/t8-/m0/s1. The van der Waals surface area contributed by atoms with E-state index in [0.717, 1.165) is 12.8 Å². The summed E-state index contributed by atoms with van der Waals surface area (Å²) in [6, 6.07) is 0. The van der Waals surface area contributed by atoms with Crippen molar-refractivity contribution in [1.29, 1.82) is 0 Å². The first-order chi connectivity index (χ1) is 5.22. The molecule has 0 amide bonds. The second kappa shape index (κ2) is 6.35. The van der Waals surface area contributed by atoms with Crippen molar-refractivity contribution in [2.75, 3.05) is 6.61 Å². The number of Topliss-reactive ketones (excluding diaryl/α,β-unsaturated/α-hetero) is 1. The van der Waals surface area contributed by atoms with Crippen LogP contribution >= 0.6 is 0 Å². The predicted octanol–water partition coefficient (Wildman–Crippen LogP) is 2.17. The van der Waals surface area contributed by atoms with Gasteiger partial charge in [0.15, 0.2) is 5.78 Å². The SMILES string of the molecule is CCCCC(=O)[C@H](C)OCC. The lowest BCUT2D eigenvalue weighted by Gasteiger charge is -2.08. The lowest BCUT2D eigenvalue weighted by Crippen LogP contribution is -2.20. The van der Waals surface area contributed by atoms with E-state index in [1.807, 2.05) is 13.8 Å². The second-order valence-corrected chi connectivity index (χ2v) is 2.67. The summed E-state index contributed by atoms with van der Waals surface area (Å²) in [7, 11) is 0. The molecule has 0 aromatic rings. The number of ketones is 1. The monoisotopic (exact) mass is 158 g/mol. The highest BCUT2D eigenvalue weighted by Crippen LogP contribution is 2.01. The van der Waals surface area contributed by atoms with Crippen LogP contribution in [0, 0.1) is 0 Å². The Bertz CT molecular complexity index is 110. The van der Waals surface area contributed by atoms with Crippen molar-refractivity contribution in [3.8, 4) is 0 Å². The van der Waals surface area contributed by atoms with Gasteiger partial charge >= 0.3 is 0 Å². The molecule has 0 saturated heterocycles. The smallest absolute Gasteiger partial charge is 0.161 e. The minimum atomic E-state index is -0.202. The van der Waals surface area contributed by atoms with Gasteiger partial charge in [-0.1, -0.05) is 13.3 Å². The van der Waals surface area contributed by atoms with E-state index in [1.54, 1.807) is 0 Å². The van der Waals surface area contributed by atoms with Gasteiger partial charge in [0.25, 0.3) is 0 Å². The molecule has 0 unspecified atom stereocenters. The van der Waals surface area contributed by atoms with Gasteiger partial charge in [-0.15, -0.1) is 0 Å². The quantitative estimate of drug-likeness (QED) is 0.592. The lowest BCUT2D eigenvalue weighted by atomic mass is 10.1. The van der Waals surface area contributed by atoms with Crippen LogP contribution in [-0.2, 0) is 9.53 Å². The van der Waals surface area contributed by atoms with Gasteiger partial charge < -0.3 is 4.74 Å². The third kappa shape index (κ3) is 4.96. The molecular formula is C9H18O2. The van der Waals surface area contributed by atoms with E-state index in [9.17, 15) is 4.79 Å². The van der Waals surface area contributed by atoms with E-state index in [4.69, 9.17) is 4.74 Å². The number of hydrogen-bond donors (Lipinski definition) is 0. The second-order valence-electron chi connectivity index (χ2n) is 2.67. The van der Waals surface area contributed by atoms with Crippen LogP contribution in [0.5, 0.6) is 0 Å². The highest BCUT2D eigenvalue weighted by molar-refractivity contribution is 5.82. The Morgan fingerprint density at radius 3 is 2.55 bits per heavy atom. The molecule has 0 rings (SSSR count). The first kappa shape index (κ1) is 10.6. The molecule has 0 bridgehead atoms. The molecule has 1 atom stereocenters. The highest BCUT2D eigenvalue weighted by atomic mass is 16.5. The fraction of sp³-hybridized carbons (Fsp3) is 0.889. The van der Waals surface area contributed by atoms with Gasteiger partial charge in [-0.25, -0.2) is 0 Å². The molecule has 0 fully saturated rings. The molecule has 0 aliphatic carbocycles. The summed E-state index contributed by atoms with van der Waals surface area (Å²) in [6.07, 6.45) is 2.52. The largest absolute Gasteiger partial charge is 0.371 e. The van der Waals surface area contributed by atoms with E-state index in [0.29, 0.717) is 13.0 Å². The van der Waals surface area contributed by atoms with Gasteiger partial charge in [0, 0.05) is 13.0 Å². The van der Waals surface area contributed by atoms with E-state index < -0.39 is 0 Å². The van der Waals surface area contributed by atoms with Crippen molar-refractivity contribution < 1.29 is 9.53 Å². The van der Waals surface area contributed by atoms with Crippen LogP contribution in [0.3, 0.4) is 0 Å². The van der Waals surface area contributed by atoms with Crippen molar-refractivity contribution in [3.05, 3.63) is 0 Å². The van der Waals surface area contributed by atoms with Crippen molar-refractivity contribution in [3.63, 3.8) is 0 Å². The van der Waals surface area contributed by atoms with Crippen LogP contribution in [0.1, 0.15) is 40.0 Å². The Balaban J connectivity index is 3.47. The molecule has 0 heterocycles. The summed E-state index contributed by atoms with van der Waals surface area (Å²) in [5.74, 6) is 0.230. The van der Waals surface area contributed by atoms with Crippen LogP contribution in [0.4, 0.5) is 0 Å². The maximum Gasteiger partial charge on any atom is 0.161 e. The fourth-order valence-corrected chi connectivity index (χ4v) is 0.897. The molecule has 0 spiro atoms. The number of ether oxygens (including phenoxy) is 1. The van der Waals surface area contributed by atoms with Crippen LogP contribution in [0.25, 0.3) is 0 Å². The van der Waals surface area contributed by atoms with Gasteiger partial charge in [-0.2, -0.15) is 0 Å². The van der Waals surface area contributed by atoms with E-state index in [1.165, 1.54) is 0 Å². The third-order valence-corrected chi connectivity index (χ3v) is 1.65. The number of unbranched alkanes of at least 4 members (excludes halogenated alkanes) is 1. The van der Waals surface area contributed by atoms with Gasteiger partial charge in [0.05, 0.1) is 0 Å². The van der Waals surface area contributed by atoms with Crippen LogP contribution in [0.15, 0.2) is 0 Å². The van der Waals surface area contributed by atoms with Gasteiger partial charge in [0.1, 0.15) is 6.10 Å². The van der Waals surface area contributed by atoms with Gasteiger partial charge in [0.2, 0.25) is 0 Å². The number of carbonyl (C=O) groups is 1. The van der Waals surface area contributed by atoms with Crippen LogP contribution < -0.4 is 0 Å². The minimum Gasteiger partial charge on any atom is -0.371 e. The minimum absolute atomic E-state index is 0.202. The molecule has 0 aromatic carbocycles. The molecule has 0 aliphatic rings. The zero-order chi connectivity index (χ0) is 8.69. The fourth-order valence-electron chi connectivity index (χ4n) is 0.897. The Labute approximate surface area is 68.9 Å². The maximum atomic E-state index is 11.2. The Kier molecular flexibility index (Phi) is 6.13. The average Bonchev–Trinajstić information content (AvgIpc) is 2.00. The van der Waals surface area contributed by atoms with Crippen LogP contribution in [0.2, 0.25) is 0 Å². The summed E-state index contributed by atoms with van der Waals surface area (Å²) >= 11 is 0. The molecule has 0 aliphatic heterocycles. The average molecular weight is 158 g/mol. The summed E-state index contributed by atoms with van der Waals surface area (Å²) in [5.41, 5.74) is 0. The molecule has 0 saturated carbocycles. The lowest BCUT2D eigenvalue weighted by molar-refractivity contribution is -0.129. The molecule has 0 radical (unpaired) electrons. The maximum absolute atomic E-state index is 11.2. The molecule has 0 aromatic heterocycles. The number of hydrogen-bond acceptors (Lipinski definition) is 2. The Morgan fingerprint density at radius 2 is 2.09 bits per heavy atom. The van der Waals surface area contributed by atoms with Crippen LogP contribution in [-0.4, -0.2) is 18.5 Å². The summed E-state index contributed by atoms with van der Waals surface area (Å²) in [6.45, 7) is 6.43. The predicted molar refractivity (Wildman–Crippen MR) is 45.6 cm³/mol. The summed E-state index contributed by atoms with van der Waals surface area (Å²) in [5, 5.41) is 0. The molecule has 66 valence electrons. The summed E-state index contributed by atoms with van der Waals surface area (Å²) in [4.78, 5) is 11.2. The number of carbonyl (C=O) groups excluding carboxylic acids is 1. The normalized spacial score (nSPS) is 13.0. The van der Waals surface area contributed by atoms with Crippen molar-refractivity contribution in [2.24, 2.45) is 0 Å². The topological polar surface area (TPSA) is 26.3 Å². The number of rotatable bonds is 6. The zero-order valence-corrected chi connectivity index (χ0v) is 7.72. The molecular weight excluding hydrogens is 140 g/mol.